The standard InChI is InChI=1S/C9H13N5O2/c10-8-5(4-12-14-8)3-11-9(16)6-1-2-7(15)13-6/h4,6H,1-3H2,(H,11,16)(H,13,15)(H3,10,12,14)/t6-/m1/s1. The third-order valence-electron chi connectivity index (χ3n) is 2.52. The molecule has 1 atom stereocenters. The van der Waals surface area contributed by atoms with Gasteiger partial charge in [0, 0.05) is 18.5 Å². The monoisotopic (exact) mass is 223 g/mol. The van der Waals surface area contributed by atoms with Gasteiger partial charge < -0.3 is 16.4 Å². The lowest BCUT2D eigenvalue weighted by Gasteiger charge is -2.10. The zero-order valence-electron chi connectivity index (χ0n) is 8.62. The smallest absolute Gasteiger partial charge is 0.242 e. The van der Waals surface area contributed by atoms with E-state index >= 15 is 0 Å². The zero-order valence-corrected chi connectivity index (χ0v) is 8.62. The third kappa shape index (κ3) is 2.13. The summed E-state index contributed by atoms with van der Waals surface area (Å²) >= 11 is 0. The summed E-state index contributed by atoms with van der Waals surface area (Å²) < 4.78 is 0. The zero-order chi connectivity index (χ0) is 11.5. The Morgan fingerprint density at radius 1 is 1.69 bits per heavy atom. The Labute approximate surface area is 91.8 Å². The number of aromatic amines is 1. The molecule has 1 aromatic rings. The van der Waals surface area contributed by atoms with Crippen LogP contribution in [0.2, 0.25) is 0 Å². The minimum atomic E-state index is -0.416. The summed E-state index contributed by atoms with van der Waals surface area (Å²) in [5.74, 6) is 0.171. The van der Waals surface area contributed by atoms with Gasteiger partial charge in [0.2, 0.25) is 11.8 Å². The average molecular weight is 223 g/mol. The second-order valence-corrected chi connectivity index (χ2v) is 3.69. The van der Waals surface area contributed by atoms with E-state index in [0.717, 1.165) is 5.56 Å². The first-order valence-electron chi connectivity index (χ1n) is 5.01. The summed E-state index contributed by atoms with van der Waals surface area (Å²) in [5.41, 5.74) is 6.30. The normalized spacial score (nSPS) is 19.5. The first-order valence-corrected chi connectivity index (χ1v) is 5.01. The summed E-state index contributed by atoms with van der Waals surface area (Å²) in [6.45, 7) is 0.313. The SMILES string of the molecule is Nc1[nH]ncc1CNC(=O)[C@H]1CCC(=O)N1. The maximum absolute atomic E-state index is 11.6. The molecule has 0 bridgehead atoms. The highest BCUT2D eigenvalue weighted by atomic mass is 16.2. The van der Waals surface area contributed by atoms with E-state index in [4.69, 9.17) is 5.73 Å². The number of carbonyl (C=O) groups is 2. The number of carbonyl (C=O) groups excluding carboxylic acids is 2. The molecular weight excluding hydrogens is 210 g/mol. The number of nitrogen functional groups attached to an aromatic ring is 1. The number of H-pyrrole nitrogens is 1. The van der Waals surface area contributed by atoms with Crippen molar-refractivity contribution < 1.29 is 9.59 Å². The van der Waals surface area contributed by atoms with Gasteiger partial charge in [0.25, 0.3) is 0 Å². The van der Waals surface area contributed by atoms with Crippen LogP contribution in [-0.2, 0) is 16.1 Å². The van der Waals surface area contributed by atoms with Crippen molar-refractivity contribution in [3.63, 3.8) is 0 Å². The van der Waals surface area contributed by atoms with E-state index in [-0.39, 0.29) is 11.8 Å². The lowest BCUT2D eigenvalue weighted by Crippen LogP contribution is -2.41. The lowest BCUT2D eigenvalue weighted by atomic mass is 10.2. The van der Waals surface area contributed by atoms with Crippen LogP contribution >= 0.6 is 0 Å². The average Bonchev–Trinajstić information content (AvgIpc) is 2.84. The molecule has 7 heteroatoms. The molecule has 2 heterocycles. The Bertz CT molecular complexity index is 414. The summed E-state index contributed by atoms with van der Waals surface area (Å²) in [7, 11) is 0. The minimum Gasteiger partial charge on any atom is -0.384 e. The van der Waals surface area contributed by atoms with Crippen molar-refractivity contribution in [1.82, 2.24) is 20.8 Å². The van der Waals surface area contributed by atoms with Crippen LogP contribution in [0.5, 0.6) is 0 Å². The molecular formula is C9H13N5O2. The van der Waals surface area contributed by atoms with Gasteiger partial charge in [0.15, 0.2) is 0 Å². The Morgan fingerprint density at radius 2 is 2.50 bits per heavy atom. The highest BCUT2D eigenvalue weighted by molar-refractivity contribution is 5.90. The molecule has 2 rings (SSSR count). The fraction of sp³-hybridized carbons (Fsp3) is 0.444. The highest BCUT2D eigenvalue weighted by Gasteiger charge is 2.26. The summed E-state index contributed by atoms with van der Waals surface area (Å²) in [5, 5.41) is 11.6. The van der Waals surface area contributed by atoms with Gasteiger partial charge in [-0.1, -0.05) is 0 Å². The van der Waals surface area contributed by atoms with E-state index < -0.39 is 6.04 Å². The predicted octanol–water partition coefficient (Wildman–Crippen LogP) is -1.11. The number of aromatic nitrogens is 2. The number of nitrogens with one attached hydrogen (secondary N) is 3. The largest absolute Gasteiger partial charge is 0.384 e. The Kier molecular flexibility index (Phi) is 2.76. The fourth-order valence-electron chi connectivity index (χ4n) is 1.58. The Balaban J connectivity index is 1.84. The molecule has 16 heavy (non-hydrogen) atoms. The van der Waals surface area contributed by atoms with Gasteiger partial charge in [-0.05, 0) is 6.42 Å². The van der Waals surface area contributed by atoms with Gasteiger partial charge >= 0.3 is 0 Å². The number of nitrogens with two attached hydrogens (primary N) is 1. The van der Waals surface area contributed by atoms with Crippen molar-refractivity contribution in [2.75, 3.05) is 5.73 Å². The van der Waals surface area contributed by atoms with E-state index in [0.29, 0.717) is 25.2 Å². The van der Waals surface area contributed by atoms with E-state index in [1.807, 2.05) is 0 Å². The van der Waals surface area contributed by atoms with Crippen LogP contribution in [0.15, 0.2) is 6.20 Å². The fourth-order valence-corrected chi connectivity index (χ4v) is 1.58. The first kappa shape index (κ1) is 10.5. The molecule has 0 saturated carbocycles. The maximum atomic E-state index is 11.6. The number of anilines is 1. The van der Waals surface area contributed by atoms with Gasteiger partial charge in [-0.15, -0.1) is 0 Å². The molecule has 2 amide bonds. The summed E-state index contributed by atoms with van der Waals surface area (Å²) in [6, 6.07) is -0.416. The Hall–Kier alpha value is -2.05. The van der Waals surface area contributed by atoms with Gasteiger partial charge in [0.05, 0.1) is 6.20 Å². The molecule has 7 nitrogen and oxygen atoms in total. The number of rotatable bonds is 3. The van der Waals surface area contributed by atoms with Crippen LogP contribution in [0.1, 0.15) is 18.4 Å². The van der Waals surface area contributed by atoms with Crippen molar-refractivity contribution in [3.05, 3.63) is 11.8 Å². The van der Waals surface area contributed by atoms with Gasteiger partial charge in [-0.3, -0.25) is 14.7 Å². The quantitative estimate of drug-likeness (QED) is 0.520. The summed E-state index contributed by atoms with van der Waals surface area (Å²) in [4.78, 5) is 22.5. The van der Waals surface area contributed by atoms with Crippen LogP contribution in [0, 0.1) is 0 Å². The second kappa shape index (κ2) is 4.21. The lowest BCUT2D eigenvalue weighted by molar-refractivity contribution is -0.125. The summed E-state index contributed by atoms with van der Waals surface area (Å²) in [6.07, 6.45) is 2.51. The van der Waals surface area contributed by atoms with Crippen LogP contribution in [0.25, 0.3) is 0 Å². The number of hydrogen-bond acceptors (Lipinski definition) is 4. The second-order valence-electron chi connectivity index (χ2n) is 3.69. The molecule has 0 unspecified atom stereocenters. The topological polar surface area (TPSA) is 113 Å². The molecule has 0 aliphatic carbocycles. The van der Waals surface area contributed by atoms with Crippen molar-refractivity contribution in [3.8, 4) is 0 Å². The first-order chi connectivity index (χ1) is 7.66. The predicted molar refractivity (Wildman–Crippen MR) is 56.0 cm³/mol. The third-order valence-corrected chi connectivity index (χ3v) is 2.52. The van der Waals surface area contributed by atoms with E-state index in [1.165, 1.54) is 0 Å². The van der Waals surface area contributed by atoms with Crippen LogP contribution in [-0.4, -0.2) is 28.1 Å². The van der Waals surface area contributed by atoms with Crippen molar-refractivity contribution >= 4 is 17.6 Å². The van der Waals surface area contributed by atoms with Crippen LogP contribution in [0.4, 0.5) is 5.82 Å². The molecule has 0 spiro atoms. The molecule has 5 N–H and O–H groups in total. The molecule has 1 aliphatic heterocycles. The van der Waals surface area contributed by atoms with E-state index in [1.54, 1.807) is 6.20 Å². The molecule has 0 aromatic carbocycles. The molecule has 1 aromatic heterocycles. The highest BCUT2D eigenvalue weighted by Crippen LogP contribution is 2.08. The Morgan fingerprint density at radius 3 is 3.06 bits per heavy atom. The van der Waals surface area contributed by atoms with E-state index in [2.05, 4.69) is 20.8 Å². The van der Waals surface area contributed by atoms with Crippen molar-refractivity contribution in [2.24, 2.45) is 0 Å². The number of amides is 2. The number of nitrogens with zero attached hydrogens (tertiary/aromatic N) is 1. The maximum Gasteiger partial charge on any atom is 0.242 e. The van der Waals surface area contributed by atoms with E-state index in [9.17, 15) is 9.59 Å². The van der Waals surface area contributed by atoms with Crippen molar-refractivity contribution in [2.45, 2.75) is 25.4 Å². The van der Waals surface area contributed by atoms with Gasteiger partial charge in [-0.2, -0.15) is 5.10 Å². The molecule has 1 fully saturated rings. The van der Waals surface area contributed by atoms with Crippen LogP contribution in [0.3, 0.4) is 0 Å². The molecule has 1 saturated heterocycles. The van der Waals surface area contributed by atoms with Crippen molar-refractivity contribution in [1.29, 1.82) is 0 Å². The van der Waals surface area contributed by atoms with Crippen LogP contribution < -0.4 is 16.4 Å². The minimum absolute atomic E-state index is 0.0806. The van der Waals surface area contributed by atoms with Gasteiger partial charge in [-0.25, -0.2) is 0 Å². The molecule has 1 aliphatic rings. The van der Waals surface area contributed by atoms with Gasteiger partial charge in [0.1, 0.15) is 11.9 Å². The molecule has 0 radical (unpaired) electrons. The number of hydrogen-bond donors (Lipinski definition) is 4. The molecule has 86 valence electrons.